The summed E-state index contributed by atoms with van der Waals surface area (Å²) in [6.45, 7) is 3.90. The van der Waals surface area contributed by atoms with E-state index in [1.165, 1.54) is 11.3 Å². The van der Waals surface area contributed by atoms with Gasteiger partial charge in [0.1, 0.15) is 6.04 Å². The Morgan fingerprint density at radius 1 is 1.50 bits per heavy atom. The fourth-order valence-corrected chi connectivity index (χ4v) is 2.03. The van der Waals surface area contributed by atoms with E-state index in [1.54, 1.807) is 12.1 Å². The van der Waals surface area contributed by atoms with Crippen molar-refractivity contribution in [3.63, 3.8) is 0 Å². The molecule has 0 aromatic carbocycles. The third-order valence-electron chi connectivity index (χ3n) is 2.35. The molecule has 18 heavy (non-hydrogen) atoms. The van der Waals surface area contributed by atoms with E-state index in [1.807, 2.05) is 19.2 Å². The second-order valence-electron chi connectivity index (χ2n) is 4.09. The van der Waals surface area contributed by atoms with Gasteiger partial charge in [0.2, 0.25) is 5.91 Å². The zero-order chi connectivity index (χ0) is 13.5. The minimum atomic E-state index is -0.576. The van der Waals surface area contributed by atoms with Gasteiger partial charge >= 0.3 is 0 Å². The van der Waals surface area contributed by atoms with Crippen molar-refractivity contribution >= 4 is 23.2 Å². The molecule has 0 saturated heterocycles. The van der Waals surface area contributed by atoms with Crippen LogP contribution in [0.15, 0.2) is 17.5 Å². The standard InChI is InChI=1S/C13H16N2O2S/c1-4-7-14-13(17)11(9(2)3)15-12(16)10-6-5-8-18-10/h1,5-6,8-9,11H,7H2,2-3H3,(H,14,17)(H,15,16). The molecule has 0 aliphatic carbocycles. The third kappa shape index (κ3) is 3.90. The van der Waals surface area contributed by atoms with Crippen molar-refractivity contribution in [3.05, 3.63) is 22.4 Å². The van der Waals surface area contributed by atoms with Crippen LogP contribution in [0.4, 0.5) is 0 Å². The predicted molar refractivity (Wildman–Crippen MR) is 72.3 cm³/mol. The highest BCUT2D eigenvalue weighted by molar-refractivity contribution is 7.12. The molecule has 2 amide bonds. The molecule has 1 rings (SSSR count). The van der Waals surface area contributed by atoms with Crippen LogP contribution >= 0.6 is 11.3 Å². The molecule has 0 spiro atoms. The van der Waals surface area contributed by atoms with Gasteiger partial charge in [-0.2, -0.15) is 0 Å². The Kier molecular flexibility index (Phi) is 5.40. The highest BCUT2D eigenvalue weighted by Gasteiger charge is 2.24. The Labute approximate surface area is 111 Å². The van der Waals surface area contributed by atoms with Gasteiger partial charge in [-0.1, -0.05) is 25.8 Å². The predicted octanol–water partition coefficient (Wildman–Crippen LogP) is 1.25. The van der Waals surface area contributed by atoms with Crippen molar-refractivity contribution in [2.75, 3.05) is 6.54 Å². The molecule has 0 saturated carbocycles. The SMILES string of the molecule is C#CCNC(=O)C(NC(=O)c1cccs1)C(C)C. The molecule has 5 heteroatoms. The van der Waals surface area contributed by atoms with E-state index < -0.39 is 6.04 Å². The summed E-state index contributed by atoms with van der Waals surface area (Å²) in [5, 5.41) is 7.11. The van der Waals surface area contributed by atoms with Crippen LogP contribution in [-0.2, 0) is 4.79 Å². The van der Waals surface area contributed by atoms with Crippen molar-refractivity contribution in [1.29, 1.82) is 0 Å². The molecule has 2 N–H and O–H groups in total. The lowest BCUT2D eigenvalue weighted by Gasteiger charge is -2.20. The molecule has 4 nitrogen and oxygen atoms in total. The molecular weight excluding hydrogens is 248 g/mol. The Hall–Kier alpha value is -1.80. The average Bonchev–Trinajstić information content (AvgIpc) is 2.86. The Balaban J connectivity index is 2.66. The summed E-state index contributed by atoms with van der Waals surface area (Å²) in [5.74, 6) is 1.83. The van der Waals surface area contributed by atoms with Gasteiger partial charge < -0.3 is 10.6 Å². The molecule has 1 aromatic heterocycles. The zero-order valence-electron chi connectivity index (χ0n) is 10.4. The number of hydrogen-bond donors (Lipinski definition) is 2. The number of terminal acetylenes is 1. The van der Waals surface area contributed by atoms with Gasteiger partial charge in [-0.15, -0.1) is 17.8 Å². The van der Waals surface area contributed by atoms with Gasteiger partial charge in [0.25, 0.3) is 5.91 Å². The molecule has 96 valence electrons. The lowest BCUT2D eigenvalue weighted by atomic mass is 10.0. The molecule has 0 aliphatic rings. The number of rotatable bonds is 5. The molecule has 1 aromatic rings. The van der Waals surface area contributed by atoms with Crippen LogP contribution in [0.1, 0.15) is 23.5 Å². The van der Waals surface area contributed by atoms with Crippen LogP contribution < -0.4 is 10.6 Å². The van der Waals surface area contributed by atoms with E-state index in [0.717, 1.165) is 0 Å². The normalized spacial score (nSPS) is 11.7. The third-order valence-corrected chi connectivity index (χ3v) is 3.21. The van der Waals surface area contributed by atoms with E-state index in [2.05, 4.69) is 16.6 Å². The summed E-state index contributed by atoms with van der Waals surface area (Å²) in [7, 11) is 0. The first kappa shape index (κ1) is 14.3. The molecule has 0 radical (unpaired) electrons. The molecule has 0 fully saturated rings. The second kappa shape index (κ2) is 6.82. The van der Waals surface area contributed by atoms with Crippen LogP contribution in [0.3, 0.4) is 0 Å². The van der Waals surface area contributed by atoms with Crippen LogP contribution in [-0.4, -0.2) is 24.4 Å². The van der Waals surface area contributed by atoms with Crippen LogP contribution in [0, 0.1) is 18.3 Å². The lowest BCUT2D eigenvalue weighted by Crippen LogP contribution is -2.49. The van der Waals surface area contributed by atoms with E-state index >= 15 is 0 Å². The summed E-state index contributed by atoms with van der Waals surface area (Å²) in [6.07, 6.45) is 5.08. The maximum absolute atomic E-state index is 11.9. The van der Waals surface area contributed by atoms with Gasteiger partial charge in [0.15, 0.2) is 0 Å². The van der Waals surface area contributed by atoms with Gasteiger partial charge in [0.05, 0.1) is 11.4 Å². The summed E-state index contributed by atoms with van der Waals surface area (Å²) in [5.41, 5.74) is 0. The van der Waals surface area contributed by atoms with Gasteiger partial charge in [-0.05, 0) is 17.4 Å². The minimum Gasteiger partial charge on any atom is -0.343 e. The molecule has 0 bridgehead atoms. The quantitative estimate of drug-likeness (QED) is 0.786. The smallest absolute Gasteiger partial charge is 0.262 e. The first-order valence-electron chi connectivity index (χ1n) is 5.61. The lowest BCUT2D eigenvalue weighted by molar-refractivity contribution is -0.123. The number of thiophene rings is 1. The van der Waals surface area contributed by atoms with Gasteiger partial charge in [0, 0.05) is 0 Å². The van der Waals surface area contributed by atoms with E-state index in [-0.39, 0.29) is 24.3 Å². The van der Waals surface area contributed by atoms with Crippen molar-refractivity contribution in [2.45, 2.75) is 19.9 Å². The number of amides is 2. The van der Waals surface area contributed by atoms with E-state index in [9.17, 15) is 9.59 Å². The Morgan fingerprint density at radius 3 is 2.72 bits per heavy atom. The van der Waals surface area contributed by atoms with E-state index in [0.29, 0.717) is 4.88 Å². The van der Waals surface area contributed by atoms with Crippen molar-refractivity contribution in [1.82, 2.24) is 10.6 Å². The van der Waals surface area contributed by atoms with E-state index in [4.69, 9.17) is 6.42 Å². The Bertz CT molecular complexity index is 446. The Morgan fingerprint density at radius 2 is 2.22 bits per heavy atom. The van der Waals surface area contributed by atoms with Gasteiger partial charge in [-0.3, -0.25) is 9.59 Å². The summed E-state index contributed by atoms with van der Waals surface area (Å²) < 4.78 is 0. The van der Waals surface area contributed by atoms with Crippen LogP contribution in [0.5, 0.6) is 0 Å². The number of nitrogens with one attached hydrogen (secondary N) is 2. The molecule has 1 heterocycles. The van der Waals surface area contributed by atoms with Crippen LogP contribution in [0.2, 0.25) is 0 Å². The average molecular weight is 264 g/mol. The fraction of sp³-hybridized carbons (Fsp3) is 0.385. The maximum atomic E-state index is 11.9. The summed E-state index contributed by atoms with van der Waals surface area (Å²) in [4.78, 5) is 24.3. The number of hydrogen-bond acceptors (Lipinski definition) is 3. The first-order chi connectivity index (χ1) is 8.56. The fourth-order valence-electron chi connectivity index (χ4n) is 1.40. The van der Waals surface area contributed by atoms with Crippen molar-refractivity contribution in [3.8, 4) is 12.3 Å². The highest BCUT2D eigenvalue weighted by Crippen LogP contribution is 2.10. The van der Waals surface area contributed by atoms with Crippen molar-refractivity contribution in [2.24, 2.45) is 5.92 Å². The number of carbonyl (C=O) groups excluding carboxylic acids is 2. The highest BCUT2D eigenvalue weighted by atomic mass is 32.1. The summed E-state index contributed by atoms with van der Waals surface area (Å²) >= 11 is 1.34. The van der Waals surface area contributed by atoms with Crippen LogP contribution in [0.25, 0.3) is 0 Å². The maximum Gasteiger partial charge on any atom is 0.262 e. The molecule has 0 aliphatic heterocycles. The monoisotopic (exact) mass is 264 g/mol. The number of carbonyl (C=O) groups is 2. The second-order valence-corrected chi connectivity index (χ2v) is 5.04. The molecular formula is C13H16N2O2S. The largest absolute Gasteiger partial charge is 0.343 e. The zero-order valence-corrected chi connectivity index (χ0v) is 11.2. The molecule has 1 atom stereocenters. The first-order valence-corrected chi connectivity index (χ1v) is 6.49. The van der Waals surface area contributed by atoms with Gasteiger partial charge in [-0.25, -0.2) is 0 Å². The summed E-state index contributed by atoms with van der Waals surface area (Å²) in [6, 6.07) is 2.94. The van der Waals surface area contributed by atoms with Crippen molar-refractivity contribution < 1.29 is 9.59 Å². The molecule has 1 unspecified atom stereocenters. The minimum absolute atomic E-state index is 0.00770. The topological polar surface area (TPSA) is 58.2 Å².